The number of amides is 1. The van der Waals surface area contributed by atoms with E-state index in [0.717, 1.165) is 17.7 Å². The highest BCUT2D eigenvalue weighted by Gasteiger charge is 2.23. The summed E-state index contributed by atoms with van der Waals surface area (Å²) < 4.78 is 5.58. The summed E-state index contributed by atoms with van der Waals surface area (Å²) >= 11 is 0. The van der Waals surface area contributed by atoms with E-state index >= 15 is 0 Å². The van der Waals surface area contributed by atoms with Crippen LogP contribution in [0.25, 0.3) is 6.08 Å². The molecule has 1 amide bonds. The Morgan fingerprint density at radius 2 is 2.20 bits per heavy atom. The summed E-state index contributed by atoms with van der Waals surface area (Å²) in [4.78, 5) is 12.2. The third-order valence-electron chi connectivity index (χ3n) is 3.65. The molecule has 1 aromatic carbocycles. The van der Waals surface area contributed by atoms with Crippen molar-refractivity contribution in [3.8, 4) is 5.75 Å². The van der Waals surface area contributed by atoms with Crippen LogP contribution >= 0.6 is 0 Å². The number of rotatable bonds is 3. The van der Waals surface area contributed by atoms with Crippen LogP contribution in [0.2, 0.25) is 0 Å². The van der Waals surface area contributed by atoms with Gasteiger partial charge in [0.25, 0.3) is 5.91 Å². The predicted molar refractivity (Wildman–Crippen MR) is 76.2 cm³/mol. The van der Waals surface area contributed by atoms with Crippen LogP contribution in [-0.2, 0) is 4.79 Å². The van der Waals surface area contributed by atoms with Crippen molar-refractivity contribution >= 4 is 12.0 Å². The molecule has 20 heavy (non-hydrogen) atoms. The zero-order chi connectivity index (χ0) is 13.9. The highest BCUT2D eigenvalue weighted by molar-refractivity contribution is 5.99. The zero-order valence-electron chi connectivity index (χ0n) is 11.1. The van der Waals surface area contributed by atoms with Gasteiger partial charge in [-0.25, -0.2) is 0 Å². The van der Waals surface area contributed by atoms with Crippen LogP contribution < -0.4 is 10.1 Å². The standard InChI is InChI=1S/C16H17NO3/c18-9-11-5-6-14(7-11)17-16(19)13-8-12-3-1-2-4-15(12)20-10-13/h1-6,8,11,14,18H,7,9-10H2,(H,17,19)/t11-,14+/m0/s1. The molecule has 0 saturated heterocycles. The Labute approximate surface area is 117 Å². The first-order valence-electron chi connectivity index (χ1n) is 6.78. The molecule has 0 radical (unpaired) electrons. The molecular formula is C16H17NO3. The van der Waals surface area contributed by atoms with Crippen LogP contribution in [0.5, 0.6) is 5.75 Å². The number of hydrogen-bond donors (Lipinski definition) is 2. The van der Waals surface area contributed by atoms with Crippen molar-refractivity contribution < 1.29 is 14.6 Å². The second-order valence-electron chi connectivity index (χ2n) is 5.14. The number of para-hydroxylation sites is 1. The molecule has 0 fully saturated rings. The third kappa shape index (κ3) is 2.60. The number of ether oxygens (including phenoxy) is 1. The van der Waals surface area contributed by atoms with Crippen molar-refractivity contribution in [2.24, 2.45) is 5.92 Å². The maximum atomic E-state index is 12.2. The molecule has 2 aliphatic rings. The number of carbonyl (C=O) groups is 1. The van der Waals surface area contributed by atoms with Crippen LogP contribution in [0.3, 0.4) is 0 Å². The SMILES string of the molecule is O=C(N[C@@H]1C=C[C@H](CO)C1)C1=Cc2ccccc2OC1. The molecule has 4 heteroatoms. The van der Waals surface area contributed by atoms with Gasteiger partial charge < -0.3 is 15.2 Å². The quantitative estimate of drug-likeness (QED) is 0.819. The van der Waals surface area contributed by atoms with Crippen molar-refractivity contribution in [2.75, 3.05) is 13.2 Å². The number of carbonyl (C=O) groups excluding carboxylic acids is 1. The summed E-state index contributed by atoms with van der Waals surface area (Å²) in [6.07, 6.45) is 6.52. The topological polar surface area (TPSA) is 58.6 Å². The number of aliphatic hydroxyl groups excluding tert-OH is 1. The summed E-state index contributed by atoms with van der Waals surface area (Å²) in [5, 5.41) is 12.0. The average molecular weight is 271 g/mol. The van der Waals surface area contributed by atoms with Gasteiger partial charge in [-0.3, -0.25) is 4.79 Å². The maximum absolute atomic E-state index is 12.2. The monoisotopic (exact) mass is 271 g/mol. The van der Waals surface area contributed by atoms with Crippen LogP contribution in [0.4, 0.5) is 0 Å². The lowest BCUT2D eigenvalue weighted by Crippen LogP contribution is -2.35. The molecule has 0 aromatic heterocycles. The third-order valence-corrected chi connectivity index (χ3v) is 3.65. The van der Waals surface area contributed by atoms with Crippen molar-refractivity contribution in [3.63, 3.8) is 0 Å². The van der Waals surface area contributed by atoms with Gasteiger partial charge in [-0.2, -0.15) is 0 Å². The summed E-state index contributed by atoms with van der Waals surface area (Å²) in [6.45, 7) is 0.421. The van der Waals surface area contributed by atoms with E-state index in [2.05, 4.69) is 5.32 Å². The van der Waals surface area contributed by atoms with Crippen LogP contribution in [0.15, 0.2) is 42.0 Å². The minimum absolute atomic E-state index is 0.00211. The number of nitrogens with one attached hydrogen (secondary N) is 1. The van der Waals surface area contributed by atoms with E-state index in [1.54, 1.807) is 0 Å². The van der Waals surface area contributed by atoms with Gasteiger partial charge in [0.15, 0.2) is 0 Å². The van der Waals surface area contributed by atoms with E-state index in [1.807, 2.05) is 42.5 Å². The van der Waals surface area contributed by atoms with Gasteiger partial charge in [-0.15, -0.1) is 0 Å². The van der Waals surface area contributed by atoms with E-state index in [9.17, 15) is 4.79 Å². The second kappa shape index (κ2) is 5.51. The largest absolute Gasteiger partial charge is 0.488 e. The van der Waals surface area contributed by atoms with Crippen LogP contribution in [0.1, 0.15) is 12.0 Å². The van der Waals surface area contributed by atoms with Gasteiger partial charge in [0.1, 0.15) is 12.4 Å². The first kappa shape index (κ1) is 12.9. The fraction of sp³-hybridized carbons (Fsp3) is 0.312. The zero-order valence-corrected chi connectivity index (χ0v) is 11.1. The lowest BCUT2D eigenvalue weighted by Gasteiger charge is -2.19. The van der Waals surface area contributed by atoms with Gasteiger partial charge in [0.05, 0.1) is 5.57 Å². The van der Waals surface area contributed by atoms with Gasteiger partial charge in [-0.05, 0) is 18.6 Å². The minimum atomic E-state index is -0.104. The second-order valence-corrected chi connectivity index (χ2v) is 5.14. The molecule has 2 atom stereocenters. The predicted octanol–water partition coefficient (Wildman–Crippen LogP) is 1.52. The molecule has 0 spiro atoms. The molecule has 2 N–H and O–H groups in total. The van der Waals surface area contributed by atoms with Crippen LogP contribution in [0, 0.1) is 5.92 Å². The molecule has 0 saturated carbocycles. The Kier molecular flexibility index (Phi) is 3.56. The summed E-state index contributed by atoms with van der Waals surface area (Å²) in [5.41, 5.74) is 1.56. The fourth-order valence-corrected chi connectivity index (χ4v) is 2.53. The number of fused-ring (bicyclic) bond motifs is 1. The Morgan fingerprint density at radius 3 is 3.00 bits per heavy atom. The summed E-state index contributed by atoms with van der Waals surface area (Å²) in [5.74, 6) is 0.857. The molecule has 0 bridgehead atoms. The molecular weight excluding hydrogens is 254 g/mol. The maximum Gasteiger partial charge on any atom is 0.251 e. The average Bonchev–Trinajstić information content (AvgIpc) is 2.94. The number of hydrogen-bond acceptors (Lipinski definition) is 3. The van der Waals surface area contributed by atoms with Crippen molar-refractivity contribution in [1.82, 2.24) is 5.32 Å². The van der Waals surface area contributed by atoms with E-state index < -0.39 is 0 Å². The highest BCUT2D eigenvalue weighted by atomic mass is 16.5. The molecule has 3 rings (SSSR count). The highest BCUT2D eigenvalue weighted by Crippen LogP contribution is 2.26. The van der Waals surface area contributed by atoms with Gasteiger partial charge in [0, 0.05) is 24.1 Å². The van der Waals surface area contributed by atoms with E-state index in [-0.39, 0.29) is 24.5 Å². The Bertz CT molecular complexity index is 577. The van der Waals surface area contributed by atoms with Crippen molar-refractivity contribution in [2.45, 2.75) is 12.5 Å². The first-order chi connectivity index (χ1) is 9.76. The molecule has 4 nitrogen and oxygen atoms in total. The van der Waals surface area contributed by atoms with E-state index in [0.29, 0.717) is 12.2 Å². The molecule has 1 aliphatic carbocycles. The Hall–Kier alpha value is -2.07. The van der Waals surface area contributed by atoms with Gasteiger partial charge in [-0.1, -0.05) is 30.4 Å². The minimum Gasteiger partial charge on any atom is -0.488 e. The number of aliphatic hydroxyl groups is 1. The first-order valence-corrected chi connectivity index (χ1v) is 6.78. The van der Waals surface area contributed by atoms with Crippen LogP contribution in [-0.4, -0.2) is 30.3 Å². The van der Waals surface area contributed by atoms with Gasteiger partial charge in [0.2, 0.25) is 0 Å². The summed E-state index contributed by atoms with van der Waals surface area (Å²) in [6, 6.07) is 7.66. The van der Waals surface area contributed by atoms with E-state index in [4.69, 9.17) is 9.84 Å². The lowest BCUT2D eigenvalue weighted by molar-refractivity contribution is -0.118. The molecule has 1 heterocycles. The van der Waals surface area contributed by atoms with E-state index in [1.165, 1.54) is 0 Å². The Morgan fingerprint density at radius 1 is 1.35 bits per heavy atom. The molecule has 0 unspecified atom stereocenters. The van der Waals surface area contributed by atoms with Crippen molar-refractivity contribution in [3.05, 3.63) is 47.6 Å². The van der Waals surface area contributed by atoms with Crippen molar-refractivity contribution in [1.29, 1.82) is 0 Å². The fourth-order valence-electron chi connectivity index (χ4n) is 2.53. The molecule has 104 valence electrons. The normalized spacial score (nSPS) is 23.8. The summed E-state index contributed by atoms with van der Waals surface area (Å²) in [7, 11) is 0. The smallest absolute Gasteiger partial charge is 0.251 e. The number of benzene rings is 1. The lowest BCUT2D eigenvalue weighted by atomic mass is 10.1. The molecule has 1 aliphatic heterocycles. The van der Waals surface area contributed by atoms with Gasteiger partial charge >= 0.3 is 0 Å². The molecule has 1 aromatic rings. The Balaban J connectivity index is 1.67.